The lowest BCUT2D eigenvalue weighted by atomic mass is 10.2. The summed E-state index contributed by atoms with van der Waals surface area (Å²) < 4.78 is 26.2. The molecule has 0 unspecified atom stereocenters. The van der Waals surface area contributed by atoms with Crippen molar-refractivity contribution < 1.29 is 8.42 Å². The predicted molar refractivity (Wildman–Crippen MR) is 84.4 cm³/mol. The molecule has 1 aromatic heterocycles. The third-order valence-corrected chi connectivity index (χ3v) is 5.29. The van der Waals surface area contributed by atoms with Crippen LogP contribution in [0.5, 0.6) is 0 Å². The Morgan fingerprint density at radius 2 is 1.86 bits per heavy atom. The molecular formula is C15H18N4O2S. The van der Waals surface area contributed by atoms with E-state index in [4.69, 9.17) is 0 Å². The molecule has 1 fully saturated rings. The van der Waals surface area contributed by atoms with E-state index in [1.54, 1.807) is 23.3 Å². The van der Waals surface area contributed by atoms with E-state index in [1.165, 1.54) is 9.71 Å². The molecule has 1 aliphatic heterocycles. The fourth-order valence-corrected chi connectivity index (χ4v) is 3.71. The zero-order valence-corrected chi connectivity index (χ0v) is 13.1. The molecule has 0 N–H and O–H groups in total. The summed E-state index contributed by atoms with van der Waals surface area (Å²) in [5.74, 6) is 0. The van der Waals surface area contributed by atoms with E-state index in [-0.39, 0.29) is 6.04 Å². The van der Waals surface area contributed by atoms with E-state index in [1.807, 2.05) is 31.2 Å². The Morgan fingerprint density at radius 3 is 2.55 bits per heavy atom. The van der Waals surface area contributed by atoms with Crippen LogP contribution in [0.3, 0.4) is 0 Å². The van der Waals surface area contributed by atoms with Crippen molar-refractivity contribution in [3.8, 4) is 0 Å². The van der Waals surface area contributed by atoms with Gasteiger partial charge in [-0.25, -0.2) is 8.42 Å². The Labute approximate surface area is 130 Å². The van der Waals surface area contributed by atoms with E-state index < -0.39 is 10.0 Å². The van der Waals surface area contributed by atoms with Crippen LogP contribution in [-0.4, -0.2) is 40.8 Å². The molecule has 22 heavy (non-hydrogen) atoms. The molecule has 0 amide bonds. The lowest BCUT2D eigenvalue weighted by molar-refractivity contribution is 0.405. The first kappa shape index (κ1) is 14.9. The van der Waals surface area contributed by atoms with Crippen molar-refractivity contribution in [1.82, 2.24) is 19.3 Å². The first-order valence-electron chi connectivity index (χ1n) is 7.15. The average Bonchev–Trinajstić information content (AvgIpc) is 3.18. The van der Waals surface area contributed by atoms with Gasteiger partial charge < -0.3 is 0 Å². The maximum atomic E-state index is 12.4. The van der Waals surface area contributed by atoms with Gasteiger partial charge in [0.25, 0.3) is 0 Å². The second-order valence-electron chi connectivity index (χ2n) is 5.41. The number of hydrogen-bond donors (Lipinski definition) is 0. The van der Waals surface area contributed by atoms with Crippen molar-refractivity contribution in [2.24, 2.45) is 0 Å². The number of aryl methyl sites for hydroxylation is 1. The highest BCUT2D eigenvalue weighted by atomic mass is 32.2. The standard InChI is InChI=1S/C15H18N4O2S/c1-13-2-4-14(5-3-13)7-11-22(20,21)18-10-6-15(12-18)19-16-8-9-17-19/h2-5,7-9,11,15H,6,10,12H2,1H3/b11-7+/t15-/m1/s1. The maximum absolute atomic E-state index is 12.4. The molecule has 0 spiro atoms. The van der Waals surface area contributed by atoms with Crippen LogP contribution in [-0.2, 0) is 10.0 Å². The zero-order chi connectivity index (χ0) is 15.6. The van der Waals surface area contributed by atoms with Gasteiger partial charge in [0.1, 0.15) is 0 Å². The summed E-state index contributed by atoms with van der Waals surface area (Å²) in [6, 6.07) is 7.74. The fourth-order valence-electron chi connectivity index (χ4n) is 2.47. The van der Waals surface area contributed by atoms with Gasteiger partial charge in [0.2, 0.25) is 10.0 Å². The summed E-state index contributed by atoms with van der Waals surface area (Å²) in [6.07, 6.45) is 5.57. The van der Waals surface area contributed by atoms with Crippen molar-refractivity contribution in [1.29, 1.82) is 0 Å². The smallest absolute Gasteiger partial charge is 0.208 e. The highest BCUT2D eigenvalue weighted by Crippen LogP contribution is 2.23. The Kier molecular flexibility index (Phi) is 4.08. The van der Waals surface area contributed by atoms with E-state index >= 15 is 0 Å². The second-order valence-corrected chi connectivity index (χ2v) is 7.23. The zero-order valence-electron chi connectivity index (χ0n) is 12.3. The van der Waals surface area contributed by atoms with Crippen LogP contribution >= 0.6 is 0 Å². The van der Waals surface area contributed by atoms with Gasteiger partial charge in [-0.1, -0.05) is 29.8 Å². The van der Waals surface area contributed by atoms with Crippen LogP contribution in [0.4, 0.5) is 0 Å². The van der Waals surface area contributed by atoms with E-state index in [0.717, 1.165) is 17.5 Å². The third-order valence-electron chi connectivity index (χ3n) is 3.76. The van der Waals surface area contributed by atoms with Crippen LogP contribution in [0.25, 0.3) is 6.08 Å². The number of rotatable bonds is 4. The lowest BCUT2D eigenvalue weighted by Gasteiger charge is -2.13. The van der Waals surface area contributed by atoms with Crippen LogP contribution < -0.4 is 0 Å². The Hall–Kier alpha value is -1.99. The van der Waals surface area contributed by atoms with Crippen molar-refractivity contribution in [3.63, 3.8) is 0 Å². The van der Waals surface area contributed by atoms with Crippen LogP contribution in [0.1, 0.15) is 23.6 Å². The molecule has 2 heterocycles. The molecule has 3 rings (SSSR count). The van der Waals surface area contributed by atoms with Crippen LogP contribution in [0, 0.1) is 6.92 Å². The molecule has 0 saturated carbocycles. The minimum Gasteiger partial charge on any atom is -0.208 e. The van der Waals surface area contributed by atoms with E-state index in [2.05, 4.69) is 10.2 Å². The summed E-state index contributed by atoms with van der Waals surface area (Å²) in [6.45, 7) is 2.90. The summed E-state index contributed by atoms with van der Waals surface area (Å²) in [7, 11) is -3.41. The Balaban J connectivity index is 1.70. The third kappa shape index (κ3) is 3.26. The molecule has 0 aliphatic carbocycles. The molecule has 6 nitrogen and oxygen atoms in total. The van der Waals surface area contributed by atoms with Gasteiger partial charge in [-0.15, -0.1) is 0 Å². The van der Waals surface area contributed by atoms with Gasteiger partial charge in [0.15, 0.2) is 0 Å². The van der Waals surface area contributed by atoms with Crippen molar-refractivity contribution in [2.45, 2.75) is 19.4 Å². The van der Waals surface area contributed by atoms with Gasteiger partial charge in [-0.05, 0) is 25.0 Å². The molecule has 7 heteroatoms. The van der Waals surface area contributed by atoms with Gasteiger partial charge in [0, 0.05) is 18.5 Å². The van der Waals surface area contributed by atoms with E-state index in [9.17, 15) is 8.42 Å². The largest absolute Gasteiger partial charge is 0.236 e. The molecule has 0 bridgehead atoms. The molecule has 1 aliphatic rings. The number of hydrogen-bond acceptors (Lipinski definition) is 4. The minimum absolute atomic E-state index is 0.0116. The SMILES string of the molecule is Cc1ccc(/C=C/S(=O)(=O)N2CC[C@@H](n3nccn3)C2)cc1. The Bertz CT molecular complexity index is 751. The summed E-state index contributed by atoms with van der Waals surface area (Å²) in [5.41, 5.74) is 2.02. The molecule has 116 valence electrons. The number of nitrogens with zero attached hydrogens (tertiary/aromatic N) is 4. The fraction of sp³-hybridized carbons (Fsp3) is 0.333. The first-order chi connectivity index (χ1) is 10.5. The van der Waals surface area contributed by atoms with Crippen LogP contribution in [0.2, 0.25) is 0 Å². The summed E-state index contributed by atoms with van der Waals surface area (Å²) >= 11 is 0. The second kappa shape index (κ2) is 6.02. The van der Waals surface area contributed by atoms with Crippen molar-refractivity contribution in [2.75, 3.05) is 13.1 Å². The van der Waals surface area contributed by atoms with Crippen molar-refractivity contribution >= 4 is 16.1 Å². The van der Waals surface area contributed by atoms with E-state index in [0.29, 0.717) is 13.1 Å². The normalized spacial score (nSPS) is 20.0. The summed E-state index contributed by atoms with van der Waals surface area (Å²) in [4.78, 5) is 1.58. The number of benzene rings is 1. The monoisotopic (exact) mass is 318 g/mol. The average molecular weight is 318 g/mol. The van der Waals surface area contributed by atoms with Crippen molar-refractivity contribution in [3.05, 3.63) is 53.2 Å². The van der Waals surface area contributed by atoms with Gasteiger partial charge in [0.05, 0.1) is 18.4 Å². The Morgan fingerprint density at radius 1 is 1.18 bits per heavy atom. The molecule has 0 radical (unpaired) electrons. The topological polar surface area (TPSA) is 68.1 Å². The summed E-state index contributed by atoms with van der Waals surface area (Å²) in [5, 5.41) is 9.44. The van der Waals surface area contributed by atoms with Gasteiger partial charge in [-0.3, -0.25) is 0 Å². The first-order valence-corrected chi connectivity index (χ1v) is 8.66. The quantitative estimate of drug-likeness (QED) is 0.862. The number of aromatic nitrogens is 3. The molecular weight excluding hydrogens is 300 g/mol. The van der Waals surface area contributed by atoms with Gasteiger partial charge >= 0.3 is 0 Å². The molecule has 1 saturated heterocycles. The molecule has 1 aromatic carbocycles. The van der Waals surface area contributed by atoms with Gasteiger partial charge in [-0.2, -0.15) is 19.3 Å². The highest BCUT2D eigenvalue weighted by molar-refractivity contribution is 7.92. The predicted octanol–water partition coefficient (Wildman–Crippen LogP) is 1.83. The lowest BCUT2D eigenvalue weighted by Crippen LogP contribution is -2.27. The number of sulfonamides is 1. The minimum atomic E-state index is -3.41. The molecule has 1 atom stereocenters. The van der Waals surface area contributed by atoms with Crippen LogP contribution in [0.15, 0.2) is 42.1 Å². The highest BCUT2D eigenvalue weighted by Gasteiger charge is 2.31. The molecule has 2 aromatic rings. The maximum Gasteiger partial charge on any atom is 0.236 e.